The number of aromatic nitrogens is 4. The van der Waals surface area contributed by atoms with Crippen LogP contribution < -0.4 is 0 Å². The number of aromatic hydroxyl groups is 20. The third-order valence-corrected chi connectivity index (χ3v) is 13.6. The first-order valence-electron chi connectivity index (χ1n) is 21.5. The molecule has 0 aliphatic rings. The molecule has 0 aliphatic heterocycles. The average molecular weight is 1020 g/mol. The van der Waals surface area contributed by atoms with Crippen molar-refractivity contribution in [3.8, 4) is 155 Å². The molecule has 374 valence electrons. The van der Waals surface area contributed by atoms with Crippen LogP contribution in [0.3, 0.4) is 0 Å². The SMILES string of the molecule is Oc1c(O)c(O)c(-c2nc(-c3cc4c5ccccc5c5ccccc5c4cc3-n3c4c(O)c(O)c(O)c5c6c(O)c(O)c(O)c(O)c6c6c(O)c(O)c(O)c3c6c54)nc(-c3c(O)c(O)c(O)c(O)c3O)n2)c(O)c1O. The van der Waals surface area contributed by atoms with Crippen molar-refractivity contribution in [3.05, 3.63) is 60.7 Å². The van der Waals surface area contributed by atoms with Crippen molar-refractivity contribution in [2.75, 3.05) is 0 Å². The highest BCUT2D eigenvalue weighted by atomic mass is 16.4. The Labute approximate surface area is 411 Å². The van der Waals surface area contributed by atoms with Crippen LogP contribution >= 0.6 is 0 Å². The Bertz CT molecular complexity index is 4410. The zero-order chi connectivity index (χ0) is 53.4. The van der Waals surface area contributed by atoms with Gasteiger partial charge in [0, 0.05) is 37.9 Å². The van der Waals surface area contributed by atoms with E-state index < -0.39 is 187 Å². The minimum atomic E-state index is -1.45. The van der Waals surface area contributed by atoms with Gasteiger partial charge in [0.2, 0.25) is 57.5 Å². The Balaban J connectivity index is 1.38. The number of phenolic OH excluding ortho intramolecular Hbond substituents is 20. The minimum absolute atomic E-state index is 0.327. The fraction of sp³-hybridized carbons (Fsp3) is 0. The molecule has 0 saturated heterocycles. The molecule has 20 N–H and O–H groups in total. The summed E-state index contributed by atoms with van der Waals surface area (Å²) in [6, 6.07) is 16.7. The lowest BCUT2D eigenvalue weighted by molar-refractivity contribution is 0.329. The molecule has 2 heterocycles. The highest BCUT2D eigenvalue weighted by Gasteiger charge is 2.38. The molecule has 0 aliphatic carbocycles. The average Bonchev–Trinajstić information content (AvgIpc) is 3.87. The van der Waals surface area contributed by atoms with Crippen LogP contribution in [0.15, 0.2) is 60.7 Å². The fourth-order valence-electron chi connectivity index (χ4n) is 10.2. The summed E-state index contributed by atoms with van der Waals surface area (Å²) in [4.78, 5) is 13.0. The largest absolute Gasteiger partial charge is 0.504 e. The minimum Gasteiger partial charge on any atom is -0.504 e. The molecule has 75 heavy (non-hydrogen) atoms. The van der Waals surface area contributed by atoms with Crippen molar-refractivity contribution in [2.24, 2.45) is 0 Å². The first-order chi connectivity index (χ1) is 35.6. The Morgan fingerprint density at radius 2 is 0.520 bits per heavy atom. The second kappa shape index (κ2) is 14.6. The van der Waals surface area contributed by atoms with Gasteiger partial charge >= 0.3 is 0 Å². The summed E-state index contributed by atoms with van der Waals surface area (Å²) >= 11 is 0. The maximum Gasteiger partial charge on any atom is 0.208 e. The van der Waals surface area contributed by atoms with Crippen molar-refractivity contribution >= 4 is 75.7 Å². The molecule has 24 heteroatoms. The van der Waals surface area contributed by atoms with E-state index in [-0.39, 0.29) is 11.3 Å². The normalized spacial score (nSPS) is 12.0. The standard InChI is InChI=1S/C51H30N4O20/c56-29-21-19-20-22(24-23(21)31(58)41(68)42(69)32(24)59)30(57)40(67)38(65)28(20)55(27(19)37(64)39(29)66)18-10-16-14-8-4-2-6-12(14)11-5-1-3-7-13(11)15(16)9-17(18)49-52-50(25-33(60)43(70)47(74)44(71)34(25)61)54-51(53-49)26-35(62)45(72)48(75)46(73)36(26)63/h1-10,56-75H. The molecule has 12 aromatic rings. The van der Waals surface area contributed by atoms with Crippen molar-refractivity contribution in [2.45, 2.75) is 0 Å². The molecule has 12 rings (SSSR count). The van der Waals surface area contributed by atoms with E-state index >= 15 is 0 Å². The van der Waals surface area contributed by atoms with Crippen LogP contribution in [0.4, 0.5) is 0 Å². The summed E-state index contributed by atoms with van der Waals surface area (Å²) < 4.78 is 0.919. The molecule has 0 atom stereocenters. The van der Waals surface area contributed by atoms with Crippen LogP contribution in [0.1, 0.15) is 0 Å². The van der Waals surface area contributed by atoms with Crippen LogP contribution in [-0.2, 0) is 0 Å². The fourth-order valence-corrected chi connectivity index (χ4v) is 10.2. The monoisotopic (exact) mass is 1020 g/mol. The molecule has 0 saturated carbocycles. The molecule has 10 aromatic carbocycles. The van der Waals surface area contributed by atoms with Crippen LogP contribution in [-0.4, -0.2) is 122 Å². The predicted octanol–water partition coefficient (Wildman–Crippen LogP) is 7.29. The molecule has 0 radical (unpaired) electrons. The molecule has 0 unspecified atom stereocenters. The van der Waals surface area contributed by atoms with Crippen LogP contribution in [0, 0.1) is 0 Å². The molecule has 2 aromatic heterocycles. The Morgan fingerprint density at radius 3 is 0.880 bits per heavy atom. The van der Waals surface area contributed by atoms with Crippen molar-refractivity contribution in [1.29, 1.82) is 0 Å². The van der Waals surface area contributed by atoms with E-state index in [1.807, 2.05) is 0 Å². The lowest BCUT2D eigenvalue weighted by Gasteiger charge is -2.19. The van der Waals surface area contributed by atoms with Gasteiger partial charge in [0.15, 0.2) is 75.0 Å². The van der Waals surface area contributed by atoms with E-state index in [1.54, 1.807) is 48.5 Å². The van der Waals surface area contributed by atoms with Crippen molar-refractivity contribution in [1.82, 2.24) is 19.5 Å². The summed E-state index contributed by atoms with van der Waals surface area (Å²) in [6.45, 7) is 0. The number of benzene rings is 10. The van der Waals surface area contributed by atoms with Gasteiger partial charge in [-0.25, -0.2) is 15.0 Å². The van der Waals surface area contributed by atoms with Crippen LogP contribution in [0.2, 0.25) is 0 Å². The number of hydrogen-bond acceptors (Lipinski definition) is 23. The van der Waals surface area contributed by atoms with Gasteiger partial charge in [-0.3, -0.25) is 0 Å². The zero-order valence-corrected chi connectivity index (χ0v) is 37.0. The zero-order valence-electron chi connectivity index (χ0n) is 37.0. The number of fused-ring (bicyclic) bond motifs is 9. The third-order valence-electron chi connectivity index (χ3n) is 13.6. The summed E-state index contributed by atoms with van der Waals surface area (Å²) in [5.41, 5.74) is -4.28. The topological polar surface area (TPSA) is 448 Å². The smallest absolute Gasteiger partial charge is 0.208 e. The second-order valence-corrected chi connectivity index (χ2v) is 17.3. The summed E-state index contributed by atoms with van der Waals surface area (Å²) in [5, 5.41) is 223. The maximum absolute atomic E-state index is 12.1. The molecule has 0 spiro atoms. The first-order valence-corrected chi connectivity index (χ1v) is 21.5. The van der Waals surface area contributed by atoms with Gasteiger partial charge < -0.3 is 107 Å². The van der Waals surface area contributed by atoms with E-state index in [0.29, 0.717) is 32.3 Å². The van der Waals surface area contributed by atoms with Gasteiger partial charge in [0.1, 0.15) is 22.2 Å². The Hall–Kier alpha value is -11.4. The quantitative estimate of drug-likeness (QED) is 0.0467. The summed E-state index contributed by atoms with van der Waals surface area (Å²) in [5.74, 6) is -30.0. The molecule has 24 nitrogen and oxygen atoms in total. The van der Waals surface area contributed by atoms with E-state index in [2.05, 4.69) is 15.0 Å². The van der Waals surface area contributed by atoms with E-state index in [1.165, 1.54) is 12.1 Å². The maximum atomic E-state index is 12.1. The highest BCUT2D eigenvalue weighted by molar-refractivity contribution is 6.41. The lowest BCUT2D eigenvalue weighted by Crippen LogP contribution is -2.05. The van der Waals surface area contributed by atoms with Gasteiger partial charge in [-0.15, -0.1) is 0 Å². The summed E-state index contributed by atoms with van der Waals surface area (Å²) in [7, 11) is 0. The molecule has 0 amide bonds. The number of nitrogens with zero attached hydrogens (tertiary/aromatic N) is 4. The Morgan fingerprint density at radius 1 is 0.253 bits per heavy atom. The van der Waals surface area contributed by atoms with Gasteiger partial charge in [0.05, 0.1) is 5.69 Å². The van der Waals surface area contributed by atoms with Gasteiger partial charge in [-0.1, -0.05) is 48.5 Å². The Kier molecular flexibility index (Phi) is 8.70. The highest BCUT2D eigenvalue weighted by Crippen LogP contribution is 2.64. The van der Waals surface area contributed by atoms with Crippen molar-refractivity contribution < 1.29 is 102 Å². The number of rotatable bonds is 4. The molecule has 0 fully saturated rings. The summed E-state index contributed by atoms with van der Waals surface area (Å²) in [6.07, 6.45) is 0. The van der Waals surface area contributed by atoms with Crippen LogP contribution in [0.25, 0.3) is 116 Å². The lowest BCUT2D eigenvalue weighted by atomic mass is 9.90. The van der Waals surface area contributed by atoms with E-state index in [0.717, 1.165) is 4.57 Å². The van der Waals surface area contributed by atoms with Gasteiger partial charge in [0.25, 0.3) is 0 Å². The first kappa shape index (κ1) is 44.8. The van der Waals surface area contributed by atoms with Gasteiger partial charge in [-0.2, -0.15) is 0 Å². The number of phenols is 20. The van der Waals surface area contributed by atoms with E-state index in [4.69, 9.17) is 0 Å². The molecule has 0 bridgehead atoms. The predicted molar refractivity (Wildman–Crippen MR) is 262 cm³/mol. The molecular weight excluding hydrogens is 989 g/mol. The second-order valence-electron chi connectivity index (χ2n) is 17.3. The third kappa shape index (κ3) is 5.38. The van der Waals surface area contributed by atoms with Gasteiger partial charge in [-0.05, 0) is 44.5 Å². The van der Waals surface area contributed by atoms with Crippen molar-refractivity contribution in [3.63, 3.8) is 0 Å². The van der Waals surface area contributed by atoms with Crippen LogP contribution in [0.5, 0.6) is 115 Å². The number of hydrogen-bond donors (Lipinski definition) is 20. The van der Waals surface area contributed by atoms with E-state index in [9.17, 15) is 102 Å². The molecular formula is C51H30N4O20.